The van der Waals surface area contributed by atoms with Gasteiger partial charge in [-0.2, -0.15) is 5.10 Å². The number of nitrogens with zero attached hydrogens (tertiary/aromatic N) is 1. The Balaban J connectivity index is 1.55. The largest absolute Gasteiger partial charge is 0.329 e. The number of fused-ring (bicyclic) bond motifs is 2. The van der Waals surface area contributed by atoms with Gasteiger partial charge in [0.05, 0.1) is 16.3 Å². The SMILES string of the molecule is O=C(N/N=C\c1c2ccccc2cc2ccccc12)C(=O)Nc1ccc(Cl)c(Cl)c1. The quantitative estimate of drug-likeness (QED) is 0.196. The van der Waals surface area contributed by atoms with Gasteiger partial charge in [0.15, 0.2) is 0 Å². The number of hydrogen-bond donors (Lipinski definition) is 2. The molecule has 0 bridgehead atoms. The first kappa shape index (κ1) is 19.9. The number of halogens is 2. The highest BCUT2D eigenvalue weighted by Gasteiger charge is 2.14. The first-order valence-corrected chi connectivity index (χ1v) is 9.78. The molecule has 0 unspecified atom stereocenters. The van der Waals surface area contributed by atoms with Gasteiger partial charge in [-0.25, -0.2) is 5.43 Å². The maximum Gasteiger partial charge on any atom is 0.329 e. The van der Waals surface area contributed by atoms with Crippen molar-refractivity contribution in [1.82, 2.24) is 5.43 Å². The number of carbonyl (C=O) groups is 2. The molecule has 4 aromatic rings. The van der Waals surface area contributed by atoms with E-state index in [4.69, 9.17) is 23.2 Å². The van der Waals surface area contributed by atoms with E-state index in [-0.39, 0.29) is 5.02 Å². The molecule has 148 valence electrons. The van der Waals surface area contributed by atoms with Crippen LogP contribution in [0.4, 0.5) is 5.69 Å². The molecule has 2 amide bonds. The summed E-state index contributed by atoms with van der Waals surface area (Å²) in [7, 11) is 0. The van der Waals surface area contributed by atoms with E-state index in [2.05, 4.69) is 21.9 Å². The minimum Gasteiger partial charge on any atom is -0.318 e. The summed E-state index contributed by atoms with van der Waals surface area (Å²) < 4.78 is 0. The summed E-state index contributed by atoms with van der Waals surface area (Å²) in [4.78, 5) is 24.2. The molecule has 0 saturated heterocycles. The molecule has 0 atom stereocenters. The van der Waals surface area contributed by atoms with E-state index < -0.39 is 11.8 Å². The van der Waals surface area contributed by atoms with Crippen molar-refractivity contribution in [2.45, 2.75) is 0 Å². The summed E-state index contributed by atoms with van der Waals surface area (Å²) in [5.41, 5.74) is 3.48. The Kier molecular flexibility index (Phi) is 5.65. The number of rotatable bonds is 3. The predicted molar refractivity (Wildman–Crippen MR) is 122 cm³/mol. The molecular weight excluding hydrogens is 421 g/mol. The molecule has 0 aliphatic carbocycles. The number of anilines is 1. The fraction of sp³-hybridized carbons (Fsp3) is 0. The lowest BCUT2D eigenvalue weighted by Crippen LogP contribution is -2.32. The second kappa shape index (κ2) is 8.53. The Bertz CT molecular complexity index is 1260. The van der Waals surface area contributed by atoms with Crippen LogP contribution >= 0.6 is 23.2 Å². The molecule has 7 heteroatoms. The fourth-order valence-electron chi connectivity index (χ4n) is 3.16. The first-order chi connectivity index (χ1) is 14.5. The number of nitrogens with one attached hydrogen (secondary N) is 2. The zero-order valence-electron chi connectivity index (χ0n) is 15.5. The zero-order valence-corrected chi connectivity index (χ0v) is 17.0. The van der Waals surface area contributed by atoms with Crippen LogP contribution in [0.3, 0.4) is 0 Å². The number of carbonyl (C=O) groups excluding carboxylic acids is 2. The minimum atomic E-state index is -0.901. The van der Waals surface area contributed by atoms with Crippen LogP contribution in [0.1, 0.15) is 5.56 Å². The molecule has 0 aliphatic rings. The van der Waals surface area contributed by atoms with Crippen LogP contribution < -0.4 is 10.7 Å². The molecule has 0 fully saturated rings. The van der Waals surface area contributed by atoms with E-state index in [1.54, 1.807) is 12.3 Å². The summed E-state index contributed by atoms with van der Waals surface area (Å²) in [5, 5.41) is 11.2. The van der Waals surface area contributed by atoms with E-state index >= 15 is 0 Å². The number of amides is 2. The van der Waals surface area contributed by atoms with Gasteiger partial charge in [-0.3, -0.25) is 9.59 Å². The summed E-state index contributed by atoms with van der Waals surface area (Å²) >= 11 is 11.8. The van der Waals surface area contributed by atoms with Crippen LogP contribution in [0.15, 0.2) is 77.9 Å². The van der Waals surface area contributed by atoms with E-state index in [1.165, 1.54) is 12.1 Å². The molecule has 0 radical (unpaired) electrons. The monoisotopic (exact) mass is 435 g/mol. The number of benzene rings is 4. The van der Waals surface area contributed by atoms with Crippen LogP contribution in [0.25, 0.3) is 21.5 Å². The lowest BCUT2D eigenvalue weighted by atomic mass is 9.97. The van der Waals surface area contributed by atoms with Crippen molar-refractivity contribution in [2.24, 2.45) is 5.10 Å². The van der Waals surface area contributed by atoms with Gasteiger partial charge in [-0.15, -0.1) is 0 Å². The Labute approximate surface area is 182 Å². The molecule has 2 N–H and O–H groups in total. The van der Waals surface area contributed by atoms with Crippen molar-refractivity contribution in [1.29, 1.82) is 0 Å². The fourth-order valence-corrected chi connectivity index (χ4v) is 3.45. The third-order valence-electron chi connectivity index (χ3n) is 4.56. The lowest BCUT2D eigenvalue weighted by molar-refractivity contribution is -0.136. The van der Waals surface area contributed by atoms with Gasteiger partial charge in [0.2, 0.25) is 0 Å². The first-order valence-electron chi connectivity index (χ1n) is 9.03. The van der Waals surface area contributed by atoms with Crippen LogP contribution in [-0.4, -0.2) is 18.0 Å². The molecule has 0 aromatic heterocycles. The lowest BCUT2D eigenvalue weighted by Gasteiger charge is -2.08. The maximum absolute atomic E-state index is 12.1. The third kappa shape index (κ3) is 4.13. The van der Waals surface area contributed by atoms with Gasteiger partial charge in [-0.05, 0) is 45.8 Å². The summed E-state index contributed by atoms with van der Waals surface area (Å²) in [5.74, 6) is -1.77. The Morgan fingerprint density at radius 2 is 1.40 bits per heavy atom. The summed E-state index contributed by atoms with van der Waals surface area (Å²) in [6.45, 7) is 0. The van der Waals surface area contributed by atoms with Gasteiger partial charge in [0, 0.05) is 11.3 Å². The molecule has 30 heavy (non-hydrogen) atoms. The zero-order chi connectivity index (χ0) is 21.1. The van der Waals surface area contributed by atoms with Crippen LogP contribution in [-0.2, 0) is 9.59 Å². The molecular formula is C23H15Cl2N3O2. The molecule has 0 saturated carbocycles. The minimum absolute atomic E-state index is 0.274. The molecule has 4 rings (SSSR count). The standard InChI is InChI=1S/C23H15Cl2N3O2/c24-20-10-9-16(12-21(20)25)27-22(29)23(30)28-26-13-19-17-7-3-1-5-14(17)11-15-6-2-4-8-18(15)19/h1-13H,(H,27,29)(H,28,30)/b26-13-. The average Bonchev–Trinajstić information content (AvgIpc) is 2.75. The third-order valence-corrected chi connectivity index (χ3v) is 5.30. The average molecular weight is 436 g/mol. The van der Waals surface area contributed by atoms with Crippen LogP contribution in [0, 0.1) is 0 Å². The maximum atomic E-state index is 12.1. The van der Waals surface area contributed by atoms with Crippen LogP contribution in [0.5, 0.6) is 0 Å². The van der Waals surface area contributed by atoms with Gasteiger partial charge in [-0.1, -0.05) is 71.7 Å². The second-order valence-electron chi connectivity index (χ2n) is 6.51. The molecule has 0 heterocycles. The van der Waals surface area contributed by atoms with E-state index in [1.807, 2.05) is 48.5 Å². The predicted octanol–water partition coefficient (Wildman–Crippen LogP) is 5.39. The highest BCUT2D eigenvalue weighted by molar-refractivity contribution is 6.43. The Morgan fingerprint density at radius 3 is 2.03 bits per heavy atom. The Morgan fingerprint density at radius 1 is 0.767 bits per heavy atom. The van der Waals surface area contributed by atoms with Crippen molar-refractivity contribution in [3.05, 3.63) is 88.4 Å². The molecule has 0 spiro atoms. The molecule has 0 aliphatic heterocycles. The number of hydrogen-bond acceptors (Lipinski definition) is 3. The van der Waals surface area contributed by atoms with Crippen molar-refractivity contribution >= 4 is 68.5 Å². The van der Waals surface area contributed by atoms with Gasteiger partial charge in [0.25, 0.3) is 0 Å². The van der Waals surface area contributed by atoms with E-state index in [0.29, 0.717) is 10.7 Å². The van der Waals surface area contributed by atoms with Gasteiger partial charge < -0.3 is 5.32 Å². The van der Waals surface area contributed by atoms with Gasteiger partial charge >= 0.3 is 11.8 Å². The van der Waals surface area contributed by atoms with E-state index in [9.17, 15) is 9.59 Å². The Hall–Kier alpha value is -3.41. The molecule has 5 nitrogen and oxygen atoms in total. The van der Waals surface area contributed by atoms with E-state index in [0.717, 1.165) is 27.1 Å². The number of hydrazone groups is 1. The second-order valence-corrected chi connectivity index (χ2v) is 7.33. The summed E-state index contributed by atoms with van der Waals surface area (Å²) in [6, 6.07) is 22.5. The normalized spacial score (nSPS) is 11.1. The van der Waals surface area contributed by atoms with Gasteiger partial charge in [0.1, 0.15) is 0 Å². The van der Waals surface area contributed by atoms with Crippen molar-refractivity contribution in [3.63, 3.8) is 0 Å². The highest BCUT2D eigenvalue weighted by Crippen LogP contribution is 2.27. The van der Waals surface area contributed by atoms with Crippen molar-refractivity contribution in [2.75, 3.05) is 5.32 Å². The van der Waals surface area contributed by atoms with Crippen molar-refractivity contribution in [3.8, 4) is 0 Å². The highest BCUT2D eigenvalue weighted by atomic mass is 35.5. The smallest absolute Gasteiger partial charge is 0.318 e. The summed E-state index contributed by atoms with van der Waals surface area (Å²) in [6.07, 6.45) is 1.55. The topological polar surface area (TPSA) is 70.6 Å². The molecule has 4 aromatic carbocycles. The van der Waals surface area contributed by atoms with Crippen LogP contribution in [0.2, 0.25) is 10.0 Å². The van der Waals surface area contributed by atoms with Crippen molar-refractivity contribution < 1.29 is 9.59 Å².